The second kappa shape index (κ2) is 6.53. The molecule has 1 atom stereocenters. The van der Waals surface area contributed by atoms with Gasteiger partial charge in [0.1, 0.15) is 5.69 Å². The number of carbonyl (C=O) groups excluding carboxylic acids is 1. The molecular weight excluding hydrogens is 365 g/mol. The Morgan fingerprint density at radius 3 is 2.64 bits per heavy atom. The van der Waals surface area contributed by atoms with E-state index >= 15 is 0 Å². The van der Waals surface area contributed by atoms with Gasteiger partial charge in [0.25, 0.3) is 5.91 Å². The number of aromatic amines is 1. The van der Waals surface area contributed by atoms with E-state index in [2.05, 4.69) is 26.2 Å². The van der Waals surface area contributed by atoms with E-state index in [4.69, 9.17) is 0 Å². The summed E-state index contributed by atoms with van der Waals surface area (Å²) in [5.74, 6) is -0.519. The van der Waals surface area contributed by atoms with Gasteiger partial charge in [-0.2, -0.15) is 13.2 Å². The highest BCUT2D eigenvalue weighted by atomic mass is 79.9. The number of alkyl halides is 3. The molecule has 3 N–H and O–H groups in total. The van der Waals surface area contributed by atoms with E-state index in [0.29, 0.717) is 4.47 Å². The number of hydrogen-bond donors (Lipinski definition) is 3. The van der Waals surface area contributed by atoms with Crippen molar-refractivity contribution in [3.63, 3.8) is 0 Å². The van der Waals surface area contributed by atoms with E-state index in [1.54, 1.807) is 6.20 Å². The maximum absolute atomic E-state index is 12.9. The number of nitrogens with one attached hydrogen (secondary N) is 2. The highest BCUT2D eigenvalue weighted by molar-refractivity contribution is 9.10. The number of halogens is 4. The molecule has 0 aliphatic heterocycles. The normalized spacial score (nSPS) is 13.0. The van der Waals surface area contributed by atoms with Crippen LogP contribution in [0.15, 0.2) is 41.0 Å². The minimum absolute atomic E-state index is 0.239. The SMILES string of the molecule is O=C(NC[C@H](O)c1ccccc1C(F)(F)F)c1cc(Br)c[nH]1. The van der Waals surface area contributed by atoms with E-state index in [1.807, 2.05) is 0 Å². The summed E-state index contributed by atoms with van der Waals surface area (Å²) in [7, 11) is 0. The van der Waals surface area contributed by atoms with Gasteiger partial charge in [0.15, 0.2) is 0 Å². The maximum Gasteiger partial charge on any atom is 0.416 e. The summed E-state index contributed by atoms with van der Waals surface area (Å²) in [6.45, 7) is -0.331. The molecule has 1 aromatic carbocycles. The number of hydrogen-bond acceptors (Lipinski definition) is 2. The largest absolute Gasteiger partial charge is 0.416 e. The fraction of sp³-hybridized carbons (Fsp3) is 0.214. The molecule has 0 saturated carbocycles. The molecule has 118 valence electrons. The first-order chi connectivity index (χ1) is 10.3. The number of aromatic nitrogens is 1. The van der Waals surface area contributed by atoms with Gasteiger partial charge >= 0.3 is 6.18 Å². The van der Waals surface area contributed by atoms with Crippen molar-refractivity contribution < 1.29 is 23.1 Å². The van der Waals surface area contributed by atoms with E-state index < -0.39 is 23.8 Å². The zero-order valence-corrected chi connectivity index (χ0v) is 12.7. The Kier molecular flexibility index (Phi) is 4.92. The van der Waals surface area contributed by atoms with Gasteiger partial charge < -0.3 is 15.4 Å². The van der Waals surface area contributed by atoms with Gasteiger partial charge in [-0.25, -0.2) is 0 Å². The summed E-state index contributed by atoms with van der Waals surface area (Å²) in [6.07, 6.45) is -4.48. The standard InChI is InChI=1S/C14H12BrF3N2O2/c15-8-5-11(19-6-8)13(22)20-7-12(21)9-3-1-2-4-10(9)14(16,17)18/h1-6,12,19,21H,7H2,(H,20,22)/t12-/m0/s1. The fourth-order valence-electron chi connectivity index (χ4n) is 1.94. The monoisotopic (exact) mass is 376 g/mol. The number of rotatable bonds is 4. The lowest BCUT2D eigenvalue weighted by Gasteiger charge is -2.17. The van der Waals surface area contributed by atoms with Crippen LogP contribution < -0.4 is 5.32 Å². The Labute approximate surface area is 132 Å². The van der Waals surface area contributed by atoms with Crippen molar-refractivity contribution in [2.75, 3.05) is 6.54 Å². The third kappa shape index (κ3) is 3.89. The Bertz CT molecular complexity index is 670. The molecule has 1 heterocycles. The van der Waals surface area contributed by atoms with Crippen molar-refractivity contribution >= 4 is 21.8 Å². The number of H-pyrrole nitrogens is 1. The molecule has 0 unspecified atom stereocenters. The summed E-state index contributed by atoms with van der Waals surface area (Å²) < 4.78 is 39.3. The fourth-order valence-corrected chi connectivity index (χ4v) is 2.28. The lowest BCUT2D eigenvalue weighted by atomic mass is 10.0. The van der Waals surface area contributed by atoms with E-state index in [-0.39, 0.29) is 17.8 Å². The zero-order valence-electron chi connectivity index (χ0n) is 11.1. The van der Waals surface area contributed by atoms with Crippen LogP contribution in [-0.2, 0) is 6.18 Å². The minimum Gasteiger partial charge on any atom is -0.387 e. The Hall–Kier alpha value is -1.80. The minimum atomic E-state index is -4.56. The average Bonchev–Trinajstić information content (AvgIpc) is 2.90. The van der Waals surface area contributed by atoms with E-state index in [0.717, 1.165) is 6.07 Å². The van der Waals surface area contributed by atoms with Crippen molar-refractivity contribution in [2.24, 2.45) is 0 Å². The van der Waals surface area contributed by atoms with Crippen LogP contribution in [0.5, 0.6) is 0 Å². The molecule has 4 nitrogen and oxygen atoms in total. The first-order valence-electron chi connectivity index (χ1n) is 6.25. The summed E-state index contributed by atoms with van der Waals surface area (Å²) >= 11 is 3.16. The van der Waals surface area contributed by atoms with Crippen LogP contribution in [-0.4, -0.2) is 22.5 Å². The van der Waals surface area contributed by atoms with Crippen molar-refractivity contribution in [2.45, 2.75) is 12.3 Å². The average molecular weight is 377 g/mol. The van der Waals surface area contributed by atoms with E-state index in [1.165, 1.54) is 24.3 Å². The number of benzene rings is 1. The Morgan fingerprint density at radius 1 is 1.36 bits per heavy atom. The van der Waals surface area contributed by atoms with Crippen LogP contribution in [0.4, 0.5) is 13.2 Å². The van der Waals surface area contributed by atoms with Crippen molar-refractivity contribution in [3.05, 3.63) is 57.8 Å². The number of aliphatic hydroxyl groups is 1. The van der Waals surface area contributed by atoms with Crippen molar-refractivity contribution in [1.29, 1.82) is 0 Å². The lowest BCUT2D eigenvalue weighted by molar-refractivity contribution is -0.139. The number of amides is 1. The van der Waals surface area contributed by atoms with Gasteiger partial charge in [0.05, 0.1) is 11.7 Å². The Balaban J connectivity index is 2.07. The van der Waals surface area contributed by atoms with Crippen molar-refractivity contribution in [3.8, 4) is 0 Å². The summed E-state index contributed by atoms with van der Waals surface area (Å²) in [4.78, 5) is 14.5. The number of carbonyl (C=O) groups is 1. The molecule has 1 amide bonds. The van der Waals surface area contributed by atoms with Crippen LogP contribution in [0.1, 0.15) is 27.7 Å². The molecule has 0 saturated heterocycles. The smallest absolute Gasteiger partial charge is 0.387 e. The number of aliphatic hydroxyl groups excluding tert-OH is 1. The molecule has 2 rings (SSSR count). The van der Waals surface area contributed by atoms with Crippen LogP contribution in [0, 0.1) is 0 Å². The summed E-state index contributed by atoms with van der Waals surface area (Å²) in [5.41, 5.74) is -0.953. The zero-order chi connectivity index (χ0) is 16.3. The third-order valence-corrected chi connectivity index (χ3v) is 3.43. The van der Waals surface area contributed by atoms with Gasteiger partial charge in [-0.05, 0) is 33.6 Å². The second-order valence-electron chi connectivity index (χ2n) is 4.54. The first-order valence-corrected chi connectivity index (χ1v) is 7.04. The highest BCUT2D eigenvalue weighted by Gasteiger charge is 2.34. The van der Waals surface area contributed by atoms with Gasteiger partial charge in [-0.15, -0.1) is 0 Å². The quantitative estimate of drug-likeness (QED) is 0.766. The van der Waals surface area contributed by atoms with Crippen LogP contribution in [0.3, 0.4) is 0 Å². The second-order valence-corrected chi connectivity index (χ2v) is 5.46. The Morgan fingerprint density at radius 2 is 2.05 bits per heavy atom. The van der Waals surface area contributed by atoms with E-state index in [9.17, 15) is 23.1 Å². The summed E-state index contributed by atoms with van der Waals surface area (Å²) in [5, 5.41) is 12.3. The lowest BCUT2D eigenvalue weighted by Crippen LogP contribution is -2.29. The third-order valence-electron chi connectivity index (χ3n) is 2.97. The molecule has 0 aliphatic rings. The van der Waals surface area contributed by atoms with Gasteiger partial charge in [-0.1, -0.05) is 18.2 Å². The van der Waals surface area contributed by atoms with Crippen molar-refractivity contribution in [1.82, 2.24) is 10.3 Å². The van der Waals surface area contributed by atoms with Gasteiger partial charge in [0, 0.05) is 17.2 Å². The topological polar surface area (TPSA) is 65.1 Å². The molecular formula is C14H12BrF3N2O2. The van der Waals surface area contributed by atoms with Gasteiger partial charge in [0.2, 0.25) is 0 Å². The highest BCUT2D eigenvalue weighted by Crippen LogP contribution is 2.34. The predicted molar refractivity (Wildman–Crippen MR) is 77.2 cm³/mol. The molecule has 0 bridgehead atoms. The van der Waals surface area contributed by atoms with Gasteiger partial charge in [-0.3, -0.25) is 4.79 Å². The molecule has 0 spiro atoms. The van der Waals surface area contributed by atoms with Crippen LogP contribution >= 0.6 is 15.9 Å². The molecule has 8 heteroatoms. The van der Waals surface area contributed by atoms with Crippen LogP contribution in [0.2, 0.25) is 0 Å². The maximum atomic E-state index is 12.9. The molecule has 22 heavy (non-hydrogen) atoms. The molecule has 2 aromatic rings. The molecule has 0 fully saturated rings. The van der Waals surface area contributed by atoms with Crippen LogP contribution in [0.25, 0.3) is 0 Å². The molecule has 0 aliphatic carbocycles. The first kappa shape index (κ1) is 16.6. The molecule has 1 aromatic heterocycles. The predicted octanol–water partition coefficient (Wildman–Crippen LogP) is 3.26. The summed E-state index contributed by atoms with van der Waals surface area (Å²) in [6, 6.07) is 6.24. The molecule has 0 radical (unpaired) electrons.